The maximum Gasteiger partial charge on any atom is 0.126 e. The smallest absolute Gasteiger partial charge is 0.126 e. The first kappa shape index (κ1) is 13.3. The van der Waals surface area contributed by atoms with Crippen LogP contribution in [0.5, 0.6) is 0 Å². The van der Waals surface area contributed by atoms with Crippen molar-refractivity contribution in [2.24, 2.45) is 0 Å². The van der Waals surface area contributed by atoms with Crippen molar-refractivity contribution in [3.8, 4) is 0 Å². The zero-order valence-electron chi connectivity index (χ0n) is 9.62. The minimum atomic E-state index is -0.994. The zero-order valence-corrected chi connectivity index (χ0v) is 11.1. The average molecular weight is 285 g/mol. The van der Waals surface area contributed by atoms with E-state index in [4.69, 9.17) is 23.2 Å². The molecule has 18 heavy (non-hydrogen) atoms. The molecule has 1 atom stereocenters. The summed E-state index contributed by atoms with van der Waals surface area (Å²) in [5, 5.41) is 11.1. The van der Waals surface area contributed by atoms with Crippen LogP contribution in [-0.4, -0.2) is 5.11 Å². The minimum absolute atomic E-state index is 0.357. The Bertz CT molecular complexity index is 584. The van der Waals surface area contributed by atoms with Crippen molar-refractivity contribution in [1.29, 1.82) is 0 Å². The second kappa shape index (κ2) is 5.27. The van der Waals surface area contributed by atoms with Crippen LogP contribution in [0, 0.1) is 12.7 Å². The van der Waals surface area contributed by atoms with Gasteiger partial charge in [0.1, 0.15) is 11.9 Å². The molecule has 2 rings (SSSR count). The number of halogens is 3. The van der Waals surface area contributed by atoms with E-state index >= 15 is 0 Å². The van der Waals surface area contributed by atoms with E-state index in [1.807, 2.05) is 0 Å². The van der Waals surface area contributed by atoms with E-state index < -0.39 is 6.10 Å². The van der Waals surface area contributed by atoms with E-state index in [-0.39, 0.29) is 5.82 Å². The van der Waals surface area contributed by atoms with Gasteiger partial charge in [-0.25, -0.2) is 4.39 Å². The van der Waals surface area contributed by atoms with Crippen LogP contribution in [0.1, 0.15) is 22.8 Å². The maximum absolute atomic E-state index is 13.5. The quantitative estimate of drug-likeness (QED) is 0.860. The van der Waals surface area contributed by atoms with Gasteiger partial charge in [0.2, 0.25) is 0 Å². The van der Waals surface area contributed by atoms with E-state index in [2.05, 4.69) is 0 Å². The molecule has 0 saturated carbocycles. The molecule has 0 fully saturated rings. The van der Waals surface area contributed by atoms with Gasteiger partial charge in [0, 0.05) is 15.6 Å². The molecule has 0 saturated heterocycles. The first-order chi connectivity index (χ1) is 8.49. The predicted octanol–water partition coefficient (Wildman–Crippen LogP) is 4.52. The summed E-state index contributed by atoms with van der Waals surface area (Å²) in [6, 6.07) is 9.40. The van der Waals surface area contributed by atoms with E-state index in [1.165, 1.54) is 6.07 Å². The Balaban J connectivity index is 2.44. The van der Waals surface area contributed by atoms with Crippen molar-refractivity contribution in [1.82, 2.24) is 0 Å². The van der Waals surface area contributed by atoms with E-state index in [9.17, 15) is 9.50 Å². The summed E-state index contributed by atoms with van der Waals surface area (Å²) in [5.74, 6) is -0.357. The molecule has 1 N–H and O–H groups in total. The van der Waals surface area contributed by atoms with Crippen molar-refractivity contribution < 1.29 is 9.50 Å². The maximum atomic E-state index is 13.5. The molecule has 0 aliphatic carbocycles. The van der Waals surface area contributed by atoms with E-state index in [0.29, 0.717) is 26.7 Å². The number of aliphatic hydroxyl groups excluding tert-OH is 1. The lowest BCUT2D eigenvalue weighted by Crippen LogP contribution is -2.01. The van der Waals surface area contributed by atoms with Gasteiger partial charge in [-0.15, -0.1) is 0 Å². The molecule has 1 nitrogen and oxygen atoms in total. The molecule has 0 spiro atoms. The highest BCUT2D eigenvalue weighted by molar-refractivity contribution is 6.33. The van der Waals surface area contributed by atoms with Crippen molar-refractivity contribution in [2.75, 3.05) is 0 Å². The molecule has 2 aromatic rings. The topological polar surface area (TPSA) is 20.2 Å². The lowest BCUT2D eigenvalue weighted by atomic mass is 10.0. The SMILES string of the molecule is Cc1ccc(C(O)c2cc(Cl)ccc2Cl)cc1F. The van der Waals surface area contributed by atoms with Gasteiger partial charge in [-0.05, 0) is 42.3 Å². The van der Waals surface area contributed by atoms with Crippen LogP contribution in [0.4, 0.5) is 4.39 Å². The number of benzene rings is 2. The molecule has 2 aromatic carbocycles. The lowest BCUT2D eigenvalue weighted by Gasteiger charge is -2.14. The molecule has 0 aromatic heterocycles. The van der Waals surface area contributed by atoms with Crippen LogP contribution in [-0.2, 0) is 0 Å². The Labute approximate surface area is 115 Å². The molecule has 0 heterocycles. The summed E-state index contributed by atoms with van der Waals surface area (Å²) < 4.78 is 13.5. The standard InChI is InChI=1S/C14H11Cl2FO/c1-8-2-3-9(6-13(8)17)14(18)11-7-10(15)4-5-12(11)16/h2-7,14,18H,1H3. The normalized spacial score (nSPS) is 12.5. The molecule has 1 unspecified atom stereocenters. The Hall–Kier alpha value is -1.09. The summed E-state index contributed by atoms with van der Waals surface area (Å²) in [5.41, 5.74) is 1.44. The van der Waals surface area contributed by atoms with Crippen LogP contribution in [0.25, 0.3) is 0 Å². The first-order valence-electron chi connectivity index (χ1n) is 5.38. The fourth-order valence-corrected chi connectivity index (χ4v) is 2.08. The highest BCUT2D eigenvalue weighted by Crippen LogP contribution is 2.31. The van der Waals surface area contributed by atoms with Gasteiger partial charge < -0.3 is 5.11 Å². The van der Waals surface area contributed by atoms with Crippen molar-refractivity contribution >= 4 is 23.2 Å². The number of hydrogen-bond donors (Lipinski definition) is 1. The van der Waals surface area contributed by atoms with Crippen LogP contribution in [0.15, 0.2) is 36.4 Å². The van der Waals surface area contributed by atoms with Gasteiger partial charge in [0.25, 0.3) is 0 Å². The average Bonchev–Trinajstić information content (AvgIpc) is 2.35. The molecule has 0 aliphatic heterocycles. The van der Waals surface area contributed by atoms with Crippen LogP contribution < -0.4 is 0 Å². The molecule has 94 valence electrons. The molecule has 4 heteroatoms. The number of hydrogen-bond acceptors (Lipinski definition) is 1. The third-order valence-electron chi connectivity index (χ3n) is 2.76. The predicted molar refractivity (Wildman–Crippen MR) is 71.7 cm³/mol. The molecule has 0 amide bonds. The summed E-state index contributed by atoms with van der Waals surface area (Å²) in [6.45, 7) is 1.66. The molecule has 0 bridgehead atoms. The van der Waals surface area contributed by atoms with Gasteiger partial charge in [-0.2, -0.15) is 0 Å². The number of rotatable bonds is 2. The second-order valence-corrected chi connectivity index (χ2v) is 4.92. The Morgan fingerprint density at radius 3 is 2.50 bits per heavy atom. The summed E-state index contributed by atoms with van der Waals surface area (Å²) in [6.07, 6.45) is -0.994. The van der Waals surface area contributed by atoms with Gasteiger partial charge >= 0.3 is 0 Å². The van der Waals surface area contributed by atoms with Gasteiger partial charge in [0.05, 0.1) is 0 Å². The Morgan fingerprint density at radius 2 is 1.83 bits per heavy atom. The van der Waals surface area contributed by atoms with Gasteiger partial charge in [-0.3, -0.25) is 0 Å². The lowest BCUT2D eigenvalue weighted by molar-refractivity contribution is 0.220. The largest absolute Gasteiger partial charge is 0.384 e. The van der Waals surface area contributed by atoms with Gasteiger partial charge in [-0.1, -0.05) is 35.3 Å². The minimum Gasteiger partial charge on any atom is -0.384 e. The number of aliphatic hydroxyl groups is 1. The van der Waals surface area contributed by atoms with Crippen LogP contribution in [0.2, 0.25) is 10.0 Å². The fraction of sp³-hybridized carbons (Fsp3) is 0.143. The Kier molecular flexibility index (Phi) is 3.91. The zero-order chi connectivity index (χ0) is 13.3. The molecule has 0 radical (unpaired) electrons. The number of aryl methyl sites for hydroxylation is 1. The second-order valence-electron chi connectivity index (χ2n) is 4.08. The van der Waals surface area contributed by atoms with Gasteiger partial charge in [0.15, 0.2) is 0 Å². The fourth-order valence-electron chi connectivity index (χ4n) is 1.68. The third kappa shape index (κ3) is 2.66. The van der Waals surface area contributed by atoms with Crippen molar-refractivity contribution in [3.63, 3.8) is 0 Å². The monoisotopic (exact) mass is 284 g/mol. The van der Waals surface area contributed by atoms with E-state index in [0.717, 1.165) is 0 Å². The molecular weight excluding hydrogens is 274 g/mol. The molecular formula is C14H11Cl2FO. The van der Waals surface area contributed by atoms with Crippen molar-refractivity contribution in [3.05, 3.63) is 69.0 Å². The summed E-state index contributed by atoms with van der Waals surface area (Å²) in [4.78, 5) is 0. The summed E-state index contributed by atoms with van der Waals surface area (Å²) >= 11 is 11.9. The van der Waals surface area contributed by atoms with E-state index in [1.54, 1.807) is 37.3 Å². The highest BCUT2D eigenvalue weighted by atomic mass is 35.5. The van der Waals surface area contributed by atoms with Crippen LogP contribution >= 0.6 is 23.2 Å². The first-order valence-corrected chi connectivity index (χ1v) is 6.13. The molecule has 0 aliphatic rings. The van der Waals surface area contributed by atoms with Crippen molar-refractivity contribution in [2.45, 2.75) is 13.0 Å². The third-order valence-corrected chi connectivity index (χ3v) is 3.34. The van der Waals surface area contributed by atoms with Crippen LogP contribution in [0.3, 0.4) is 0 Å². The summed E-state index contributed by atoms with van der Waals surface area (Å²) in [7, 11) is 0. The highest BCUT2D eigenvalue weighted by Gasteiger charge is 2.15. The Morgan fingerprint density at radius 1 is 1.11 bits per heavy atom.